The van der Waals surface area contributed by atoms with Gasteiger partial charge in [0.15, 0.2) is 0 Å². The highest BCUT2D eigenvalue weighted by Gasteiger charge is 2.40. The first kappa shape index (κ1) is 24.6. The van der Waals surface area contributed by atoms with Gasteiger partial charge in [-0.15, -0.1) is 6.42 Å². The molecule has 9 heteroatoms. The molecule has 2 amide bonds. The smallest absolute Gasteiger partial charge is 0.333 e. The van der Waals surface area contributed by atoms with Gasteiger partial charge in [-0.25, -0.2) is 0 Å². The van der Waals surface area contributed by atoms with Crippen molar-refractivity contribution in [1.29, 1.82) is 5.26 Å². The van der Waals surface area contributed by atoms with Gasteiger partial charge in [0.25, 0.3) is 5.91 Å². The number of hydrogen-bond acceptors (Lipinski definition) is 4. The van der Waals surface area contributed by atoms with Gasteiger partial charge in [0, 0.05) is 17.6 Å². The number of halogens is 3. The number of hydrogen-bond donors (Lipinski definition) is 1. The third-order valence-corrected chi connectivity index (χ3v) is 6.59. The molecular weight excluding hydrogens is 433 g/mol. The zero-order chi connectivity index (χ0) is 24.3. The quantitative estimate of drug-likeness (QED) is 0.683. The van der Waals surface area contributed by atoms with E-state index in [0.29, 0.717) is 32.1 Å². The molecule has 0 aliphatic carbocycles. The van der Waals surface area contributed by atoms with Crippen molar-refractivity contribution in [2.75, 3.05) is 0 Å². The fourth-order valence-corrected chi connectivity index (χ4v) is 4.77. The average molecular weight is 461 g/mol. The van der Waals surface area contributed by atoms with Crippen LogP contribution in [0.3, 0.4) is 0 Å². The summed E-state index contributed by atoms with van der Waals surface area (Å²) in [5.41, 5.74) is 5.53. The van der Waals surface area contributed by atoms with E-state index in [2.05, 4.69) is 12.0 Å². The molecule has 3 rings (SSSR count). The van der Waals surface area contributed by atoms with E-state index < -0.39 is 29.9 Å². The molecule has 2 N–H and O–H groups in total. The second kappa shape index (κ2) is 9.84. The summed E-state index contributed by atoms with van der Waals surface area (Å²) in [6.07, 6.45) is 4.35. The van der Waals surface area contributed by atoms with Gasteiger partial charge in [-0.3, -0.25) is 9.59 Å². The lowest BCUT2D eigenvalue weighted by Crippen LogP contribution is -2.49. The Bertz CT molecular complexity index is 942. The molecule has 0 radical (unpaired) electrons. The molecule has 0 bridgehead atoms. The molecule has 3 unspecified atom stereocenters. The number of likely N-dealkylation sites (tertiary alicyclic amines) is 2. The molecule has 1 aromatic carbocycles. The molecule has 5 atom stereocenters. The number of benzene rings is 1. The first-order chi connectivity index (χ1) is 15.6. The predicted molar refractivity (Wildman–Crippen MR) is 115 cm³/mol. The molecule has 2 heterocycles. The number of carbonyl (C=O) groups is 2. The maximum atomic E-state index is 13.1. The molecule has 2 saturated heterocycles. The fraction of sp³-hybridized carbons (Fsp3) is 0.542. The third-order valence-electron chi connectivity index (χ3n) is 6.59. The van der Waals surface area contributed by atoms with Crippen LogP contribution in [-0.4, -0.2) is 51.8 Å². The Morgan fingerprint density at radius 2 is 1.79 bits per heavy atom. The first-order valence-corrected chi connectivity index (χ1v) is 11.0. The van der Waals surface area contributed by atoms with Gasteiger partial charge in [-0.05, 0) is 69.7 Å². The number of nitrogens with zero attached hydrogens (tertiary/aromatic N) is 3. The molecule has 2 fully saturated rings. The van der Waals surface area contributed by atoms with Crippen LogP contribution in [-0.2, 0) is 11.0 Å². The van der Waals surface area contributed by atoms with Crippen molar-refractivity contribution >= 4 is 11.8 Å². The minimum Gasteiger partial charge on any atom is -0.333 e. The van der Waals surface area contributed by atoms with Gasteiger partial charge in [-0.1, -0.05) is 5.92 Å². The van der Waals surface area contributed by atoms with Crippen LogP contribution in [0, 0.1) is 23.7 Å². The maximum absolute atomic E-state index is 13.1. The second-order valence-electron chi connectivity index (χ2n) is 8.70. The van der Waals surface area contributed by atoms with Gasteiger partial charge in [0.05, 0.1) is 23.7 Å². The Hall–Kier alpha value is -3.04. The first-order valence-electron chi connectivity index (χ1n) is 11.0. The number of nitrogens with two attached hydrogens (primary N) is 1. The fourth-order valence-electron chi connectivity index (χ4n) is 4.77. The molecule has 1 aromatic rings. The summed E-state index contributed by atoms with van der Waals surface area (Å²) < 4.78 is 38.5. The van der Waals surface area contributed by atoms with Crippen molar-refractivity contribution in [2.24, 2.45) is 5.73 Å². The zero-order valence-electron chi connectivity index (χ0n) is 18.4. The minimum atomic E-state index is -4.47. The number of rotatable bonds is 5. The number of nitriles is 1. The Morgan fingerprint density at radius 1 is 1.15 bits per heavy atom. The number of carbonyl (C=O) groups excluding carboxylic acids is 2. The van der Waals surface area contributed by atoms with Gasteiger partial charge >= 0.3 is 6.18 Å². The van der Waals surface area contributed by atoms with Gasteiger partial charge in [0.1, 0.15) is 6.04 Å². The van der Waals surface area contributed by atoms with Crippen LogP contribution in [0.1, 0.15) is 61.4 Å². The summed E-state index contributed by atoms with van der Waals surface area (Å²) in [5.74, 6) is 1.84. The van der Waals surface area contributed by atoms with Crippen LogP contribution in [0.25, 0.3) is 0 Å². The van der Waals surface area contributed by atoms with Crippen LogP contribution in [0.5, 0.6) is 0 Å². The normalized spacial score (nSPS) is 26.0. The lowest BCUT2D eigenvalue weighted by Gasteiger charge is -2.31. The van der Waals surface area contributed by atoms with Crippen LogP contribution in [0.15, 0.2) is 24.3 Å². The average Bonchev–Trinajstić information content (AvgIpc) is 3.38. The van der Waals surface area contributed by atoms with E-state index >= 15 is 0 Å². The highest BCUT2D eigenvalue weighted by molar-refractivity contribution is 5.95. The highest BCUT2D eigenvalue weighted by atomic mass is 19.4. The molecule has 0 aromatic heterocycles. The standard InChI is InChI=1S/C24H27F3N4O2/c1-3-18-10-11-20(14-28)31(18)23(33)21(29)13-12-19-9-4-15(2)30(19)22(32)16-5-7-17(8-6-16)24(25,26)27/h1,5-8,15,18-21H,4,9-13,29H2,2H3/t15?,18?,19?,20-,21-/m0/s1. The van der Waals surface area contributed by atoms with Crippen molar-refractivity contribution < 1.29 is 22.8 Å². The number of terminal acetylenes is 1. The van der Waals surface area contributed by atoms with Crippen molar-refractivity contribution in [3.8, 4) is 18.4 Å². The lowest BCUT2D eigenvalue weighted by atomic mass is 10.0. The van der Waals surface area contributed by atoms with Crippen molar-refractivity contribution in [1.82, 2.24) is 9.80 Å². The second-order valence-corrected chi connectivity index (χ2v) is 8.70. The van der Waals surface area contributed by atoms with Crippen LogP contribution in [0.4, 0.5) is 13.2 Å². The minimum absolute atomic E-state index is 0.0795. The van der Waals surface area contributed by atoms with Gasteiger partial charge < -0.3 is 15.5 Å². The lowest BCUT2D eigenvalue weighted by molar-refractivity contribution is -0.137. The predicted octanol–water partition coefficient (Wildman–Crippen LogP) is 3.32. The Balaban J connectivity index is 1.66. The summed E-state index contributed by atoms with van der Waals surface area (Å²) in [5, 5.41) is 9.32. The summed E-state index contributed by atoms with van der Waals surface area (Å²) in [7, 11) is 0. The zero-order valence-corrected chi connectivity index (χ0v) is 18.4. The van der Waals surface area contributed by atoms with E-state index in [0.717, 1.165) is 18.6 Å². The molecule has 2 aliphatic rings. The van der Waals surface area contributed by atoms with Crippen LogP contribution >= 0.6 is 0 Å². The van der Waals surface area contributed by atoms with Gasteiger partial charge in [-0.2, -0.15) is 18.4 Å². The van der Waals surface area contributed by atoms with Crippen LogP contribution < -0.4 is 5.73 Å². The van der Waals surface area contributed by atoms with E-state index in [1.54, 1.807) is 4.90 Å². The summed E-state index contributed by atoms with van der Waals surface area (Å²) >= 11 is 0. The highest BCUT2D eigenvalue weighted by Crippen LogP contribution is 2.32. The topological polar surface area (TPSA) is 90.4 Å². The molecule has 0 spiro atoms. The van der Waals surface area contributed by atoms with E-state index in [1.165, 1.54) is 17.0 Å². The molecule has 0 saturated carbocycles. The molecule has 176 valence electrons. The molecule has 2 aliphatic heterocycles. The summed E-state index contributed by atoms with van der Waals surface area (Å²) in [4.78, 5) is 29.0. The SMILES string of the molecule is C#CC1CC[C@@H](C#N)N1C(=O)[C@@H](N)CCC1CCC(C)N1C(=O)c1ccc(C(F)(F)F)cc1. The summed E-state index contributed by atoms with van der Waals surface area (Å²) in [6.45, 7) is 1.90. The molecular formula is C24H27F3N4O2. The monoisotopic (exact) mass is 460 g/mol. The van der Waals surface area contributed by atoms with Crippen molar-refractivity contribution in [2.45, 2.75) is 81.8 Å². The van der Waals surface area contributed by atoms with Crippen molar-refractivity contribution in [3.05, 3.63) is 35.4 Å². The number of alkyl halides is 3. The van der Waals surface area contributed by atoms with Crippen LogP contribution in [0.2, 0.25) is 0 Å². The number of amides is 2. The van der Waals surface area contributed by atoms with Gasteiger partial charge in [0.2, 0.25) is 5.91 Å². The Labute approximate surface area is 191 Å². The maximum Gasteiger partial charge on any atom is 0.416 e. The third kappa shape index (κ3) is 5.15. The van der Waals surface area contributed by atoms with Crippen molar-refractivity contribution in [3.63, 3.8) is 0 Å². The summed E-state index contributed by atoms with van der Waals surface area (Å²) in [6, 6.07) is 4.15. The molecule has 33 heavy (non-hydrogen) atoms. The van der Waals surface area contributed by atoms with E-state index in [9.17, 15) is 28.0 Å². The van der Waals surface area contributed by atoms with E-state index in [1.807, 2.05) is 6.92 Å². The Kier molecular flexibility index (Phi) is 7.34. The van der Waals surface area contributed by atoms with E-state index in [-0.39, 0.29) is 29.5 Å². The van der Waals surface area contributed by atoms with E-state index in [4.69, 9.17) is 12.2 Å². The Morgan fingerprint density at radius 3 is 2.36 bits per heavy atom. The largest absolute Gasteiger partial charge is 0.416 e. The molecule has 6 nitrogen and oxygen atoms in total.